The number of nitrogens with one attached hydrogen (secondary N) is 2. The summed E-state index contributed by atoms with van der Waals surface area (Å²) < 4.78 is 20.3. The summed E-state index contributed by atoms with van der Waals surface area (Å²) >= 11 is 44.0. The van der Waals surface area contributed by atoms with E-state index >= 15 is 0 Å². The molecule has 0 aliphatic carbocycles. The number of aromatic nitrogens is 5. The monoisotopic (exact) mass is 1830 g/mol. The first kappa shape index (κ1) is 108. The third kappa shape index (κ3) is 35.9. The van der Waals surface area contributed by atoms with Gasteiger partial charge in [-0.05, 0) is 208 Å². The van der Waals surface area contributed by atoms with E-state index in [0.29, 0.717) is 62.6 Å². The number of benzene rings is 6. The number of ether oxygens (including phenoxy) is 4. The number of carbonyl (C=O) groups excluding carboxylic acids is 2. The number of hydrogen-bond donors (Lipinski definition) is 6. The third-order valence-electron chi connectivity index (χ3n) is 18.8. The number of rotatable bonds is 13. The number of likely N-dealkylation sites (tertiary alicyclic amines) is 1. The Kier molecular flexibility index (Phi) is 51.9. The van der Waals surface area contributed by atoms with Crippen LogP contribution in [-0.4, -0.2) is 155 Å². The number of alkyl halides is 2. The topological polar surface area (TPSA) is 272 Å². The fourth-order valence-electron chi connectivity index (χ4n) is 12.9. The van der Waals surface area contributed by atoms with Crippen molar-refractivity contribution < 1.29 is 43.7 Å². The molecule has 11 aromatic rings. The van der Waals surface area contributed by atoms with Gasteiger partial charge in [0.15, 0.2) is 6.29 Å². The van der Waals surface area contributed by atoms with Crippen LogP contribution in [0, 0.1) is 34.6 Å². The molecule has 123 heavy (non-hydrogen) atoms. The number of azide groups is 1. The Morgan fingerprint density at radius 3 is 1.41 bits per heavy atom. The molecule has 0 unspecified atom stereocenters. The first-order valence-corrected chi connectivity index (χ1v) is 44.4. The van der Waals surface area contributed by atoms with Gasteiger partial charge in [-0.25, -0.2) is 29.7 Å². The van der Waals surface area contributed by atoms with Crippen LogP contribution in [0.4, 0.5) is 4.79 Å². The van der Waals surface area contributed by atoms with Crippen LogP contribution in [0.3, 0.4) is 0 Å². The zero-order valence-corrected chi connectivity index (χ0v) is 78.6. The van der Waals surface area contributed by atoms with E-state index in [4.69, 9.17) is 116 Å². The molecule has 5 aromatic heterocycles. The predicted octanol–water partition coefficient (Wildman–Crippen LogP) is 23.8. The molecular weight excluding hydrogens is 1720 g/mol. The summed E-state index contributed by atoms with van der Waals surface area (Å²) in [5.74, 6) is 0. The fraction of sp³-hybridized carbons (Fsp3) is 0.387. The number of morpholine rings is 1. The van der Waals surface area contributed by atoms with Gasteiger partial charge in [0, 0.05) is 101 Å². The molecule has 0 spiro atoms. The second-order valence-electron chi connectivity index (χ2n) is 28.8. The van der Waals surface area contributed by atoms with Crippen molar-refractivity contribution in [2.75, 3.05) is 77.4 Å². The molecule has 5 N–H and O–H groups in total. The van der Waals surface area contributed by atoms with Gasteiger partial charge in [0.2, 0.25) is 0 Å². The van der Waals surface area contributed by atoms with Gasteiger partial charge in [-0.1, -0.05) is 203 Å². The van der Waals surface area contributed by atoms with Crippen LogP contribution in [0.1, 0.15) is 171 Å². The standard InChI is InChI=1S/C19H23ClN2O2.C14H13ClN4.C14H15ClN2.C14H14ClNO.C11H8ClNO.C6H7BO2.C4H9NO.C4H8O.C4H10O.CH3B.CH2Cl2.CH4S/c1-12-7-5-8-13-11-14(17(20)21-16(12)13)15-9-6-10-22(15)18(23)24-19(2,3)4;1-3-5-12(18-19-16)11-8-10-7-4-6-9(2)13(10)17-14(11)15;1-9-4-2-5-10-8-11(12-6-3-7-16-12)14(15)17-13(9)10;1-3-5-12(17)11-8-10-7-4-6-9(2)13(10)16-14(11)15;1-7-3-2-4-8-5-9(6-14)11(12)13-10(7)8;8-7(9)6-4-2-1-3-5-6;1-3-6-4-2-5-1;1-2-4-5-3-1;1-3-5-4-2;1-2;2-1-3;1-2/h5,7-8,11,15H,6,9-10H2,1-4H3;3-4,6-8,12H,1,5H2,2H3;2,4-5,8,12,16H,3,6-7H2,1H3;3-4,6-8,12,17H,1,5H2,2H3;2-6H,1H3;1-5,8-9H;5H,1-4H2;1-4H2;3-4H2,1-2H3;1H3;1H2;2H,1H3/t15-;3*12-;;;;;;;;/m0001......../s1. The van der Waals surface area contributed by atoms with Crippen LogP contribution < -0.4 is 16.1 Å². The Morgan fingerprint density at radius 1 is 0.610 bits per heavy atom. The highest BCUT2D eigenvalue weighted by molar-refractivity contribution is 7.79. The molecule has 4 saturated heterocycles. The van der Waals surface area contributed by atoms with Crippen LogP contribution in [0.2, 0.25) is 32.6 Å². The van der Waals surface area contributed by atoms with Crippen molar-refractivity contribution in [1.29, 1.82) is 0 Å². The van der Waals surface area contributed by atoms with Gasteiger partial charge in [-0.2, -0.15) is 12.6 Å². The van der Waals surface area contributed by atoms with Crippen LogP contribution in [0.25, 0.3) is 65.0 Å². The Hall–Kier alpha value is -7.71. The van der Waals surface area contributed by atoms with Gasteiger partial charge in [-0.15, -0.1) is 36.4 Å². The minimum Gasteiger partial charge on any atom is -0.444 e. The van der Waals surface area contributed by atoms with Crippen molar-refractivity contribution >= 4 is 181 Å². The summed E-state index contributed by atoms with van der Waals surface area (Å²) in [7, 11) is 3.16. The molecule has 658 valence electrons. The highest BCUT2D eigenvalue weighted by atomic mass is 35.5. The Morgan fingerprint density at radius 2 is 1.03 bits per heavy atom. The highest BCUT2D eigenvalue weighted by Crippen LogP contribution is 2.39. The van der Waals surface area contributed by atoms with Crippen molar-refractivity contribution in [1.82, 2.24) is 40.5 Å². The van der Waals surface area contributed by atoms with Crippen molar-refractivity contribution in [2.45, 2.75) is 157 Å². The minimum atomic E-state index is -1.34. The van der Waals surface area contributed by atoms with E-state index in [2.05, 4.69) is 116 Å². The van der Waals surface area contributed by atoms with E-state index in [1.54, 1.807) is 53.6 Å². The molecule has 0 bridgehead atoms. The van der Waals surface area contributed by atoms with Crippen LogP contribution in [-0.2, 0) is 18.9 Å². The second kappa shape index (κ2) is 59.3. The maximum absolute atomic E-state index is 12.5. The maximum Gasteiger partial charge on any atom is 0.488 e. The fourth-order valence-corrected chi connectivity index (χ4v) is 14.2. The van der Waals surface area contributed by atoms with Crippen molar-refractivity contribution in [2.24, 2.45) is 5.11 Å². The summed E-state index contributed by atoms with van der Waals surface area (Å²) in [4.78, 5) is 49.8. The number of amides is 1. The molecule has 30 heteroatoms. The van der Waals surface area contributed by atoms with Gasteiger partial charge in [0.05, 0.1) is 77.7 Å². The second-order valence-corrected chi connectivity index (χ2v) is 31.4. The maximum atomic E-state index is 12.5. The van der Waals surface area contributed by atoms with Gasteiger partial charge in [0.25, 0.3) is 0 Å². The number of fused-ring (bicyclic) bond motifs is 5. The lowest BCUT2D eigenvalue weighted by Gasteiger charge is -2.29. The quantitative estimate of drug-likeness (QED) is 0.00721. The number of nitrogens with zero attached hydrogens (tertiary/aromatic N) is 9. The molecule has 4 atom stereocenters. The highest BCUT2D eigenvalue weighted by Gasteiger charge is 2.35. The van der Waals surface area contributed by atoms with Crippen LogP contribution in [0.5, 0.6) is 0 Å². The smallest absolute Gasteiger partial charge is 0.444 e. The van der Waals surface area contributed by atoms with E-state index in [9.17, 15) is 14.7 Å². The number of pyridine rings is 5. The molecule has 2 radical (unpaired) electrons. The number of aliphatic hydroxyl groups excluding tert-OH is 1. The van der Waals surface area contributed by atoms with Crippen LogP contribution >= 0.6 is 93.8 Å². The number of hydrogen-bond acceptors (Lipinski definition) is 18. The first-order chi connectivity index (χ1) is 59.2. The molecule has 6 aromatic carbocycles. The number of carbonyl (C=O) groups is 2. The molecule has 9 heterocycles. The Bertz CT molecular complexity index is 5090. The molecular formula is C93H116B2Cl7N11O9S. The van der Waals surface area contributed by atoms with Crippen molar-refractivity contribution in [3.05, 3.63) is 269 Å². The summed E-state index contributed by atoms with van der Waals surface area (Å²) in [5, 5.41) is 44.9. The average molecular weight is 1830 g/mol. The van der Waals surface area contributed by atoms with Crippen LogP contribution in [0.15, 0.2) is 182 Å². The number of aryl methyl sites for hydroxylation is 5. The molecule has 15 rings (SSSR count). The number of thiol groups is 1. The lowest BCUT2D eigenvalue weighted by atomic mass is 9.81. The lowest BCUT2D eigenvalue weighted by molar-refractivity contribution is 0.0224. The van der Waals surface area contributed by atoms with E-state index in [-0.39, 0.29) is 28.7 Å². The first-order valence-electron chi connectivity index (χ1n) is 40.6. The molecule has 20 nitrogen and oxygen atoms in total. The summed E-state index contributed by atoms with van der Waals surface area (Å²) in [5.41, 5.74) is 22.5. The van der Waals surface area contributed by atoms with E-state index in [1.807, 2.05) is 153 Å². The van der Waals surface area contributed by atoms with Gasteiger partial charge >= 0.3 is 13.2 Å². The van der Waals surface area contributed by atoms with Gasteiger partial charge in [-0.3, -0.25) is 4.79 Å². The molecule has 4 aliphatic rings. The largest absolute Gasteiger partial charge is 0.488 e. The average Bonchev–Trinajstić information content (AvgIpc) is 1.77. The number of aliphatic hydroxyl groups is 1. The molecule has 1 amide bonds. The predicted molar refractivity (Wildman–Crippen MR) is 519 cm³/mol. The number of para-hydroxylation sites is 5. The van der Waals surface area contributed by atoms with Crippen molar-refractivity contribution in [3.63, 3.8) is 0 Å². The minimum absolute atomic E-state index is 0.0789. The summed E-state index contributed by atoms with van der Waals surface area (Å²) in [6.45, 7) is 37.7. The van der Waals surface area contributed by atoms with E-state index in [1.165, 1.54) is 37.0 Å². The zero-order valence-electron chi connectivity index (χ0n) is 72.4. The number of halogens is 7. The normalized spacial score (nSPS) is 14.5. The van der Waals surface area contributed by atoms with E-state index in [0.717, 1.165) is 173 Å². The van der Waals surface area contributed by atoms with Gasteiger partial charge < -0.3 is 49.6 Å². The Balaban J connectivity index is 0.000000298. The van der Waals surface area contributed by atoms with Crippen molar-refractivity contribution in [3.8, 4) is 0 Å². The Labute approximate surface area is 768 Å². The SMILES string of the molecule is C1CCOC1.C1COCCN1.C=CC[C@@H](O)c1cc2cccc(C)c2nc1Cl.C=CC[C@H](N=[N+]=[N-])c1cc2cccc(C)c2nc1Cl.CCOCC.CS.Cc1cccc2cc(C=O)c(Cl)nc12.Cc1cccc2cc([C@@H]3CCCN3)c(Cl)nc12.Cc1cccc2cc([C@@H]3CCCN3C(=O)OC(C)(C)C)c(Cl)nc12.ClCCl.OB(O)c1ccccc1.[B]C. The van der Waals surface area contributed by atoms with Gasteiger partial charge in [0.1, 0.15) is 31.4 Å². The number of aldehydes is 1. The third-order valence-corrected chi connectivity index (χ3v) is 20.3. The molecule has 4 fully saturated rings. The lowest BCUT2D eigenvalue weighted by Crippen LogP contribution is -2.36. The summed E-state index contributed by atoms with van der Waals surface area (Å²) in [6, 6.07) is 48.4. The summed E-state index contributed by atoms with van der Waals surface area (Å²) in [6.07, 6.45) is 12.6. The van der Waals surface area contributed by atoms with E-state index < -0.39 is 18.8 Å². The molecule has 0 saturated carbocycles. The molecule has 4 aliphatic heterocycles. The zero-order chi connectivity index (χ0) is 91.0.